The van der Waals surface area contributed by atoms with Crippen molar-refractivity contribution >= 4 is 17.7 Å². The second-order valence-corrected chi connectivity index (χ2v) is 5.12. The van der Waals surface area contributed by atoms with Crippen LogP contribution in [0, 0.1) is 0 Å². The molecule has 0 spiro atoms. The van der Waals surface area contributed by atoms with Gasteiger partial charge in [0.05, 0.1) is 12.0 Å². The van der Waals surface area contributed by atoms with Gasteiger partial charge in [0, 0.05) is 13.1 Å². The SMILES string of the molecule is Nn1c(SCC(=O)N2CCC2)nnc1-c1ccco1. The van der Waals surface area contributed by atoms with Gasteiger partial charge in [-0.2, -0.15) is 0 Å². The first-order chi connectivity index (χ1) is 9.25. The molecule has 2 aromatic heterocycles. The molecule has 2 aromatic rings. The zero-order valence-electron chi connectivity index (χ0n) is 10.2. The molecule has 19 heavy (non-hydrogen) atoms. The van der Waals surface area contributed by atoms with Crippen LogP contribution < -0.4 is 5.84 Å². The topological polar surface area (TPSA) is 90.2 Å². The number of hydrogen-bond acceptors (Lipinski definition) is 6. The smallest absolute Gasteiger partial charge is 0.233 e. The van der Waals surface area contributed by atoms with Gasteiger partial charge < -0.3 is 15.2 Å². The largest absolute Gasteiger partial charge is 0.461 e. The Bertz CT molecular complexity index is 576. The Morgan fingerprint density at radius 2 is 2.32 bits per heavy atom. The van der Waals surface area contributed by atoms with E-state index in [9.17, 15) is 4.79 Å². The Labute approximate surface area is 113 Å². The Hall–Kier alpha value is -1.96. The number of rotatable bonds is 4. The van der Waals surface area contributed by atoms with E-state index in [-0.39, 0.29) is 5.91 Å². The summed E-state index contributed by atoms with van der Waals surface area (Å²) in [6.07, 6.45) is 2.64. The van der Waals surface area contributed by atoms with E-state index in [1.165, 1.54) is 16.4 Å². The fourth-order valence-corrected chi connectivity index (χ4v) is 2.49. The third-order valence-corrected chi connectivity index (χ3v) is 3.87. The fraction of sp³-hybridized carbons (Fsp3) is 0.364. The van der Waals surface area contributed by atoms with Gasteiger partial charge in [-0.1, -0.05) is 11.8 Å². The Kier molecular flexibility index (Phi) is 3.16. The van der Waals surface area contributed by atoms with Crippen LogP contribution in [0.3, 0.4) is 0 Å². The molecule has 100 valence electrons. The molecule has 1 aliphatic rings. The van der Waals surface area contributed by atoms with Crippen LogP contribution in [0.5, 0.6) is 0 Å². The Balaban J connectivity index is 1.67. The summed E-state index contributed by atoms with van der Waals surface area (Å²) >= 11 is 1.28. The first kappa shape index (κ1) is 12.1. The van der Waals surface area contributed by atoms with Crippen molar-refractivity contribution in [2.75, 3.05) is 24.7 Å². The lowest BCUT2D eigenvalue weighted by Gasteiger charge is -2.30. The van der Waals surface area contributed by atoms with Crippen molar-refractivity contribution in [2.24, 2.45) is 0 Å². The van der Waals surface area contributed by atoms with Crippen molar-refractivity contribution in [1.29, 1.82) is 0 Å². The summed E-state index contributed by atoms with van der Waals surface area (Å²) in [5.74, 6) is 7.33. The third-order valence-electron chi connectivity index (χ3n) is 2.94. The van der Waals surface area contributed by atoms with Gasteiger partial charge in [0.2, 0.25) is 16.9 Å². The number of likely N-dealkylation sites (tertiary alicyclic amines) is 1. The van der Waals surface area contributed by atoms with Crippen molar-refractivity contribution in [2.45, 2.75) is 11.6 Å². The van der Waals surface area contributed by atoms with Crippen LogP contribution in [0.25, 0.3) is 11.6 Å². The number of furan rings is 1. The number of carbonyl (C=O) groups is 1. The summed E-state index contributed by atoms with van der Waals surface area (Å²) < 4.78 is 6.56. The van der Waals surface area contributed by atoms with E-state index in [0.717, 1.165) is 19.5 Å². The first-order valence-electron chi connectivity index (χ1n) is 5.90. The number of aromatic nitrogens is 3. The molecule has 3 heterocycles. The maximum absolute atomic E-state index is 11.7. The highest BCUT2D eigenvalue weighted by Crippen LogP contribution is 2.22. The fourth-order valence-electron chi connectivity index (χ4n) is 1.73. The molecule has 8 heteroatoms. The number of nitrogens with two attached hydrogens (primary N) is 1. The number of carbonyl (C=O) groups excluding carboxylic acids is 1. The molecule has 0 aromatic carbocycles. The van der Waals surface area contributed by atoms with E-state index < -0.39 is 0 Å². The summed E-state index contributed by atoms with van der Waals surface area (Å²) in [5, 5.41) is 8.43. The number of nitrogen functional groups attached to an aromatic ring is 1. The van der Waals surface area contributed by atoms with Gasteiger partial charge in [-0.3, -0.25) is 4.79 Å². The molecule has 7 nitrogen and oxygen atoms in total. The highest BCUT2D eigenvalue weighted by molar-refractivity contribution is 7.99. The maximum atomic E-state index is 11.7. The average molecular weight is 279 g/mol. The summed E-state index contributed by atoms with van der Waals surface area (Å²) in [7, 11) is 0. The molecule has 0 saturated carbocycles. The van der Waals surface area contributed by atoms with Crippen LogP contribution in [-0.2, 0) is 4.79 Å². The van der Waals surface area contributed by atoms with E-state index in [2.05, 4.69) is 10.2 Å². The van der Waals surface area contributed by atoms with Crippen LogP contribution in [0.1, 0.15) is 6.42 Å². The second-order valence-electron chi connectivity index (χ2n) is 4.18. The molecule has 2 N–H and O–H groups in total. The predicted molar refractivity (Wildman–Crippen MR) is 69.8 cm³/mol. The van der Waals surface area contributed by atoms with Crippen LogP contribution in [0.15, 0.2) is 28.0 Å². The number of thioether (sulfide) groups is 1. The van der Waals surface area contributed by atoms with Crippen molar-refractivity contribution in [3.63, 3.8) is 0 Å². The van der Waals surface area contributed by atoms with Gasteiger partial charge in [-0.25, -0.2) is 4.68 Å². The van der Waals surface area contributed by atoms with E-state index in [4.69, 9.17) is 10.3 Å². The van der Waals surface area contributed by atoms with Gasteiger partial charge in [0.1, 0.15) is 0 Å². The lowest BCUT2D eigenvalue weighted by atomic mass is 10.2. The molecule has 1 amide bonds. The van der Waals surface area contributed by atoms with Crippen LogP contribution in [-0.4, -0.2) is 44.5 Å². The van der Waals surface area contributed by atoms with Gasteiger partial charge in [0.15, 0.2) is 5.76 Å². The first-order valence-corrected chi connectivity index (χ1v) is 6.89. The van der Waals surface area contributed by atoms with Crippen LogP contribution in [0.4, 0.5) is 0 Å². The summed E-state index contributed by atoms with van der Waals surface area (Å²) in [5.41, 5.74) is 0. The molecule has 1 saturated heterocycles. The lowest BCUT2D eigenvalue weighted by molar-refractivity contribution is -0.131. The molecule has 0 aliphatic carbocycles. The minimum absolute atomic E-state index is 0.110. The summed E-state index contributed by atoms with van der Waals surface area (Å²) in [6, 6.07) is 3.51. The normalized spacial score (nSPS) is 14.4. The number of amides is 1. The molecular weight excluding hydrogens is 266 g/mol. The van der Waals surface area contributed by atoms with Crippen molar-refractivity contribution in [3.8, 4) is 11.6 Å². The van der Waals surface area contributed by atoms with Crippen molar-refractivity contribution < 1.29 is 9.21 Å². The van der Waals surface area contributed by atoms with E-state index in [0.29, 0.717) is 22.5 Å². The molecule has 0 bridgehead atoms. The van der Waals surface area contributed by atoms with Gasteiger partial charge in [-0.15, -0.1) is 10.2 Å². The third kappa shape index (κ3) is 2.30. The van der Waals surface area contributed by atoms with Crippen LogP contribution in [0.2, 0.25) is 0 Å². The number of nitrogens with zero attached hydrogens (tertiary/aromatic N) is 4. The lowest BCUT2D eigenvalue weighted by Crippen LogP contribution is -2.43. The number of hydrogen-bond donors (Lipinski definition) is 1. The van der Waals surface area contributed by atoms with Gasteiger partial charge in [0.25, 0.3) is 0 Å². The minimum Gasteiger partial charge on any atom is -0.461 e. The summed E-state index contributed by atoms with van der Waals surface area (Å²) in [4.78, 5) is 13.6. The maximum Gasteiger partial charge on any atom is 0.233 e. The highest BCUT2D eigenvalue weighted by Gasteiger charge is 2.21. The quantitative estimate of drug-likeness (QED) is 0.650. The average Bonchev–Trinajstić information content (AvgIpc) is 2.93. The molecule has 0 atom stereocenters. The standard InChI is InChI=1S/C11H13N5O2S/c12-16-10(8-3-1-6-18-8)13-14-11(16)19-7-9(17)15-4-2-5-15/h1,3,6H,2,4-5,7,12H2. The second kappa shape index (κ2) is 4.96. The monoisotopic (exact) mass is 279 g/mol. The van der Waals surface area contributed by atoms with E-state index in [1.807, 2.05) is 4.90 Å². The zero-order chi connectivity index (χ0) is 13.2. The van der Waals surface area contributed by atoms with E-state index in [1.54, 1.807) is 18.4 Å². The van der Waals surface area contributed by atoms with Crippen molar-refractivity contribution in [3.05, 3.63) is 18.4 Å². The summed E-state index contributed by atoms with van der Waals surface area (Å²) in [6.45, 7) is 1.71. The zero-order valence-corrected chi connectivity index (χ0v) is 11.0. The highest BCUT2D eigenvalue weighted by atomic mass is 32.2. The van der Waals surface area contributed by atoms with Crippen LogP contribution >= 0.6 is 11.8 Å². The Morgan fingerprint density at radius 1 is 1.47 bits per heavy atom. The minimum atomic E-state index is 0.110. The molecule has 3 rings (SSSR count). The molecular formula is C11H13N5O2S. The molecule has 1 fully saturated rings. The molecule has 0 unspecified atom stereocenters. The predicted octanol–water partition coefficient (Wildman–Crippen LogP) is 0.576. The Morgan fingerprint density at radius 3 is 2.95 bits per heavy atom. The van der Waals surface area contributed by atoms with E-state index >= 15 is 0 Å². The van der Waals surface area contributed by atoms with Gasteiger partial charge >= 0.3 is 0 Å². The van der Waals surface area contributed by atoms with Crippen molar-refractivity contribution in [1.82, 2.24) is 19.8 Å². The molecule has 0 radical (unpaired) electrons. The molecule has 1 aliphatic heterocycles. The van der Waals surface area contributed by atoms with Gasteiger partial charge in [-0.05, 0) is 18.6 Å².